The van der Waals surface area contributed by atoms with Gasteiger partial charge in [0.2, 0.25) is 0 Å². The van der Waals surface area contributed by atoms with E-state index in [2.05, 4.69) is 26.8 Å². The summed E-state index contributed by atoms with van der Waals surface area (Å²) in [5, 5.41) is 40.0. The Morgan fingerprint density at radius 1 is 1.18 bits per heavy atom. The van der Waals surface area contributed by atoms with E-state index in [0.29, 0.717) is 0 Å². The molecule has 3 fully saturated rings. The number of aliphatic hydroxyl groups excluding tert-OH is 4. The van der Waals surface area contributed by atoms with Crippen LogP contribution in [-0.4, -0.2) is 70.1 Å². The number of ether oxygens (including phenoxy) is 2. The zero-order valence-electron chi connectivity index (χ0n) is 16.7. The lowest BCUT2D eigenvalue weighted by Crippen LogP contribution is -2.60. The molecule has 0 aromatic heterocycles. The zero-order valence-corrected chi connectivity index (χ0v) is 16.7. The summed E-state index contributed by atoms with van der Waals surface area (Å²) in [7, 11) is 0. The van der Waals surface area contributed by atoms with Crippen LogP contribution in [-0.2, 0) is 14.3 Å². The van der Waals surface area contributed by atoms with Gasteiger partial charge in [0.15, 0.2) is 6.29 Å². The summed E-state index contributed by atoms with van der Waals surface area (Å²) in [4.78, 5) is 12.1. The molecule has 0 aromatic rings. The van der Waals surface area contributed by atoms with Crippen molar-refractivity contribution in [3.05, 3.63) is 11.6 Å². The molecule has 0 amide bonds. The summed E-state index contributed by atoms with van der Waals surface area (Å²) in [6.45, 7) is 6.04. The van der Waals surface area contributed by atoms with Crippen LogP contribution < -0.4 is 0 Å². The first kappa shape index (κ1) is 20.4. The number of carbonyl (C=O) groups is 1. The van der Waals surface area contributed by atoms with E-state index in [9.17, 15) is 25.2 Å². The summed E-state index contributed by atoms with van der Waals surface area (Å²) < 4.78 is 11.9. The molecule has 2 saturated carbocycles. The second-order valence-corrected chi connectivity index (χ2v) is 9.69. The molecule has 0 radical (unpaired) electrons. The zero-order chi connectivity index (χ0) is 20.5. The SMILES string of the molecule is CC1CCC23CCC(O[C@@H]4O[C@H](CO)[C@@H](O)[C@H](O)[C@H]4O)C12C(C=O)=CC3(C)C. The first-order chi connectivity index (χ1) is 13.2. The molecule has 4 N–H and O–H groups in total. The van der Waals surface area contributed by atoms with Gasteiger partial charge in [-0.3, -0.25) is 4.79 Å². The van der Waals surface area contributed by atoms with E-state index >= 15 is 0 Å². The van der Waals surface area contributed by atoms with Gasteiger partial charge in [0, 0.05) is 5.41 Å². The summed E-state index contributed by atoms with van der Waals surface area (Å²) >= 11 is 0. The first-order valence-electron chi connectivity index (χ1n) is 10.3. The highest BCUT2D eigenvalue weighted by Crippen LogP contribution is 2.78. The second kappa shape index (κ2) is 6.59. The minimum Gasteiger partial charge on any atom is -0.394 e. The molecule has 9 atom stereocenters. The maximum Gasteiger partial charge on any atom is 0.187 e. The highest BCUT2D eigenvalue weighted by atomic mass is 16.7. The Bertz CT molecular complexity index is 674. The predicted octanol–water partition coefficient (Wildman–Crippen LogP) is 0.533. The smallest absolute Gasteiger partial charge is 0.187 e. The molecule has 0 aromatic carbocycles. The molecule has 0 bridgehead atoms. The fourth-order valence-electron chi connectivity index (χ4n) is 7.15. The third-order valence-electron chi connectivity index (χ3n) is 8.42. The van der Waals surface area contributed by atoms with Crippen molar-refractivity contribution in [2.75, 3.05) is 6.61 Å². The Morgan fingerprint density at radius 2 is 1.86 bits per heavy atom. The second-order valence-electron chi connectivity index (χ2n) is 9.69. The van der Waals surface area contributed by atoms with E-state index in [1.165, 1.54) is 0 Å². The van der Waals surface area contributed by atoms with E-state index in [0.717, 1.165) is 37.5 Å². The number of hydrogen-bond acceptors (Lipinski definition) is 7. The lowest BCUT2D eigenvalue weighted by molar-refractivity contribution is -0.319. The fourth-order valence-corrected chi connectivity index (χ4v) is 7.15. The van der Waals surface area contributed by atoms with Gasteiger partial charge < -0.3 is 29.9 Å². The van der Waals surface area contributed by atoms with Gasteiger partial charge in [0.1, 0.15) is 30.7 Å². The maximum absolute atomic E-state index is 12.1. The van der Waals surface area contributed by atoms with E-state index in [1.807, 2.05) is 0 Å². The van der Waals surface area contributed by atoms with Gasteiger partial charge in [-0.05, 0) is 48.0 Å². The molecule has 158 valence electrons. The molecule has 4 rings (SSSR count). The summed E-state index contributed by atoms with van der Waals surface area (Å²) in [6.07, 6.45) is -0.115. The standard InChI is InChI=1S/C21H32O7/c1-11-4-6-20-7-5-14(21(11,20)12(9-22)8-19(20,2)3)28-18-17(26)16(25)15(24)13(10-23)27-18/h8-9,11,13-18,23-26H,4-7,10H2,1-3H3/t11?,13-,14?,15-,16+,17-,18+,20?,21?/m1/s1. The minimum absolute atomic E-state index is 0.0749. The molecule has 7 nitrogen and oxygen atoms in total. The van der Waals surface area contributed by atoms with E-state index in [1.54, 1.807) is 0 Å². The van der Waals surface area contributed by atoms with Crippen molar-refractivity contribution < 1.29 is 34.7 Å². The molecule has 1 saturated heterocycles. The molecule has 7 heteroatoms. The van der Waals surface area contributed by atoms with Gasteiger partial charge in [-0.2, -0.15) is 0 Å². The van der Waals surface area contributed by atoms with Crippen molar-refractivity contribution in [2.45, 2.75) is 83.3 Å². The van der Waals surface area contributed by atoms with Crippen molar-refractivity contribution in [2.24, 2.45) is 22.2 Å². The third kappa shape index (κ3) is 2.29. The quantitative estimate of drug-likeness (QED) is 0.512. The molecule has 0 spiro atoms. The summed E-state index contributed by atoms with van der Waals surface area (Å²) in [5.41, 5.74) is 0.113. The van der Waals surface area contributed by atoms with Crippen LogP contribution in [0.15, 0.2) is 11.6 Å². The van der Waals surface area contributed by atoms with Gasteiger partial charge in [-0.15, -0.1) is 0 Å². The number of aldehydes is 1. The predicted molar refractivity (Wildman–Crippen MR) is 99.1 cm³/mol. The molecule has 4 unspecified atom stereocenters. The molecule has 3 aliphatic carbocycles. The number of hydrogen-bond donors (Lipinski definition) is 4. The topological polar surface area (TPSA) is 116 Å². The summed E-state index contributed by atoms with van der Waals surface area (Å²) in [5.74, 6) is 0.239. The van der Waals surface area contributed by atoms with E-state index in [4.69, 9.17) is 9.47 Å². The molecule has 4 aliphatic rings. The number of rotatable bonds is 4. The number of carbonyl (C=O) groups excluding carboxylic acids is 1. The number of allylic oxidation sites excluding steroid dienone is 1. The van der Waals surface area contributed by atoms with E-state index < -0.39 is 42.7 Å². The van der Waals surface area contributed by atoms with Crippen LogP contribution >= 0.6 is 0 Å². The Balaban J connectivity index is 1.68. The van der Waals surface area contributed by atoms with E-state index in [-0.39, 0.29) is 22.9 Å². The normalized spacial score (nSPS) is 52.2. The molecular formula is C21H32O7. The Morgan fingerprint density at radius 3 is 2.50 bits per heavy atom. The molecule has 28 heavy (non-hydrogen) atoms. The highest BCUT2D eigenvalue weighted by molar-refractivity contribution is 5.79. The average Bonchev–Trinajstić information content (AvgIpc) is 3.22. The van der Waals surface area contributed by atoms with Crippen LogP contribution in [0.25, 0.3) is 0 Å². The van der Waals surface area contributed by atoms with Crippen molar-refractivity contribution in [3.8, 4) is 0 Å². The first-order valence-corrected chi connectivity index (χ1v) is 10.3. The van der Waals surface area contributed by atoms with Crippen LogP contribution in [0.4, 0.5) is 0 Å². The van der Waals surface area contributed by atoms with Crippen LogP contribution in [0.5, 0.6) is 0 Å². The molecule has 1 heterocycles. The van der Waals surface area contributed by atoms with Crippen molar-refractivity contribution in [1.82, 2.24) is 0 Å². The Kier molecular flexibility index (Phi) is 4.81. The van der Waals surface area contributed by atoms with Gasteiger partial charge in [-0.25, -0.2) is 0 Å². The largest absolute Gasteiger partial charge is 0.394 e. The lowest BCUT2D eigenvalue weighted by atomic mass is 9.56. The van der Waals surface area contributed by atoms with Crippen LogP contribution in [0.3, 0.4) is 0 Å². The summed E-state index contributed by atoms with van der Waals surface area (Å²) in [6, 6.07) is 0. The maximum atomic E-state index is 12.1. The minimum atomic E-state index is -1.47. The molecular weight excluding hydrogens is 364 g/mol. The Hall–Kier alpha value is -0.830. The highest BCUT2D eigenvalue weighted by Gasteiger charge is 2.75. The lowest BCUT2D eigenvalue weighted by Gasteiger charge is -2.49. The van der Waals surface area contributed by atoms with Gasteiger partial charge in [0.25, 0.3) is 0 Å². The molecule has 1 aliphatic heterocycles. The average molecular weight is 396 g/mol. The van der Waals surface area contributed by atoms with Crippen LogP contribution in [0, 0.1) is 22.2 Å². The fraction of sp³-hybridized carbons (Fsp3) is 0.857. The van der Waals surface area contributed by atoms with Crippen molar-refractivity contribution in [3.63, 3.8) is 0 Å². The van der Waals surface area contributed by atoms with Gasteiger partial charge in [0.05, 0.1) is 12.7 Å². The van der Waals surface area contributed by atoms with Crippen LogP contribution in [0.1, 0.15) is 46.5 Å². The van der Waals surface area contributed by atoms with Gasteiger partial charge >= 0.3 is 0 Å². The number of aliphatic hydroxyl groups is 4. The van der Waals surface area contributed by atoms with Crippen molar-refractivity contribution >= 4 is 6.29 Å². The van der Waals surface area contributed by atoms with Crippen LogP contribution in [0.2, 0.25) is 0 Å². The van der Waals surface area contributed by atoms with Gasteiger partial charge in [-0.1, -0.05) is 26.8 Å². The van der Waals surface area contributed by atoms with Crippen molar-refractivity contribution in [1.29, 1.82) is 0 Å². The Labute approximate surface area is 165 Å². The monoisotopic (exact) mass is 396 g/mol. The third-order valence-corrected chi connectivity index (χ3v) is 8.42.